The molecule has 0 aliphatic heterocycles. The lowest BCUT2D eigenvalue weighted by molar-refractivity contribution is 0.0523. The summed E-state index contributed by atoms with van der Waals surface area (Å²) in [7, 11) is -1.41. The summed E-state index contributed by atoms with van der Waals surface area (Å²) in [6, 6.07) is 9.56. The summed E-state index contributed by atoms with van der Waals surface area (Å²) in [6.45, 7) is 14.6. The molecule has 0 aliphatic rings. The van der Waals surface area contributed by atoms with Gasteiger partial charge in [0.25, 0.3) is 0 Å². The predicted octanol–water partition coefficient (Wildman–Crippen LogP) is 3.81. The average molecular weight is 305 g/mol. The summed E-state index contributed by atoms with van der Waals surface area (Å²) in [5, 5.41) is 4.18. The van der Waals surface area contributed by atoms with Crippen LogP contribution in [0.5, 0.6) is 0 Å². The summed E-state index contributed by atoms with van der Waals surface area (Å²) in [4.78, 5) is 11.6. The zero-order valence-electron chi connectivity index (χ0n) is 13.8. The van der Waals surface area contributed by atoms with Crippen LogP contribution >= 0.6 is 0 Å². The maximum Gasteiger partial charge on any atom is 0.407 e. The van der Waals surface area contributed by atoms with Crippen LogP contribution in [0.15, 0.2) is 36.9 Å². The highest BCUT2D eigenvalue weighted by molar-refractivity contribution is 6.90. The molecule has 0 fully saturated rings. The molecule has 0 saturated heterocycles. The fourth-order valence-corrected chi connectivity index (χ4v) is 4.07. The lowest BCUT2D eigenvalue weighted by Gasteiger charge is -2.22. The summed E-state index contributed by atoms with van der Waals surface area (Å²) in [5.41, 5.74) is 0.613. The number of ether oxygens (including phenoxy) is 1. The molecule has 1 aromatic carbocycles. The molecule has 0 aliphatic carbocycles. The Morgan fingerprint density at radius 2 is 1.86 bits per heavy atom. The van der Waals surface area contributed by atoms with Gasteiger partial charge in [-0.3, -0.25) is 0 Å². The predicted molar refractivity (Wildman–Crippen MR) is 91.6 cm³/mol. The first kappa shape index (κ1) is 17.5. The Hall–Kier alpha value is -1.55. The monoisotopic (exact) mass is 305 g/mol. The van der Waals surface area contributed by atoms with Gasteiger partial charge in [-0.05, 0) is 32.4 Å². The first-order chi connectivity index (χ1) is 9.64. The molecule has 0 spiro atoms. The molecule has 1 amide bonds. The van der Waals surface area contributed by atoms with Gasteiger partial charge >= 0.3 is 6.09 Å². The molecule has 116 valence electrons. The number of carbonyl (C=O) groups excluding carboxylic acids is 1. The van der Waals surface area contributed by atoms with Crippen molar-refractivity contribution >= 4 is 19.4 Å². The second-order valence-corrected chi connectivity index (χ2v) is 11.7. The maximum absolute atomic E-state index is 11.6. The normalized spacial score (nSPS) is 11.9. The maximum atomic E-state index is 11.6. The second kappa shape index (κ2) is 6.94. The molecule has 4 heteroatoms. The standard InChI is InChI=1S/C17H27NO2Si/c1-7-12-21(5,6)15-10-8-14(9-11-15)13-18-16(19)20-17(2,3)4/h7-11H,1,12-13H2,2-6H3,(H,18,19). The van der Waals surface area contributed by atoms with Crippen LogP contribution in [-0.2, 0) is 11.3 Å². The third kappa shape index (κ3) is 6.17. The molecule has 0 bridgehead atoms. The van der Waals surface area contributed by atoms with Crippen LogP contribution in [0, 0.1) is 0 Å². The second-order valence-electron chi connectivity index (χ2n) is 6.93. The smallest absolute Gasteiger partial charge is 0.407 e. The highest BCUT2D eigenvalue weighted by atomic mass is 28.3. The summed E-state index contributed by atoms with van der Waals surface area (Å²) in [5.74, 6) is 0. The highest BCUT2D eigenvalue weighted by Gasteiger charge is 2.21. The van der Waals surface area contributed by atoms with Crippen molar-refractivity contribution in [2.45, 2.75) is 52.1 Å². The van der Waals surface area contributed by atoms with Crippen molar-refractivity contribution in [3.05, 3.63) is 42.5 Å². The van der Waals surface area contributed by atoms with Crippen molar-refractivity contribution in [1.29, 1.82) is 0 Å². The minimum atomic E-state index is -1.41. The number of rotatable bonds is 5. The van der Waals surface area contributed by atoms with Gasteiger partial charge in [-0.25, -0.2) is 4.79 Å². The number of nitrogens with one attached hydrogen (secondary N) is 1. The van der Waals surface area contributed by atoms with Crippen LogP contribution < -0.4 is 10.5 Å². The largest absolute Gasteiger partial charge is 0.444 e. The van der Waals surface area contributed by atoms with Crippen LogP contribution in [0.2, 0.25) is 19.1 Å². The molecule has 0 aromatic heterocycles. The first-order valence-corrected chi connectivity index (χ1v) is 10.5. The SMILES string of the molecule is C=CC[Si](C)(C)c1ccc(CNC(=O)OC(C)(C)C)cc1. The van der Waals surface area contributed by atoms with Crippen molar-refractivity contribution in [2.75, 3.05) is 0 Å². The van der Waals surface area contributed by atoms with Gasteiger partial charge in [0.15, 0.2) is 0 Å². The van der Waals surface area contributed by atoms with Gasteiger partial charge in [0.2, 0.25) is 0 Å². The molecule has 0 unspecified atom stereocenters. The topological polar surface area (TPSA) is 38.3 Å². The molecule has 1 N–H and O–H groups in total. The van der Waals surface area contributed by atoms with Crippen LogP contribution in [0.4, 0.5) is 4.79 Å². The fourth-order valence-electron chi connectivity index (χ4n) is 2.04. The zero-order valence-corrected chi connectivity index (χ0v) is 14.8. The molecular formula is C17H27NO2Si. The van der Waals surface area contributed by atoms with Crippen molar-refractivity contribution in [1.82, 2.24) is 5.32 Å². The average Bonchev–Trinajstić information content (AvgIpc) is 2.35. The van der Waals surface area contributed by atoms with Gasteiger partial charge in [0.1, 0.15) is 5.60 Å². The van der Waals surface area contributed by atoms with Gasteiger partial charge in [-0.15, -0.1) is 6.58 Å². The van der Waals surface area contributed by atoms with E-state index < -0.39 is 13.7 Å². The zero-order chi connectivity index (χ0) is 16.1. The number of carbonyl (C=O) groups is 1. The van der Waals surface area contributed by atoms with Crippen LogP contribution in [0.3, 0.4) is 0 Å². The molecule has 0 radical (unpaired) electrons. The Morgan fingerprint density at radius 3 is 2.33 bits per heavy atom. The van der Waals surface area contributed by atoms with Gasteiger partial charge in [0, 0.05) is 6.54 Å². The molecular weight excluding hydrogens is 278 g/mol. The fraction of sp³-hybridized carbons (Fsp3) is 0.471. The molecule has 1 rings (SSSR count). The number of benzene rings is 1. The minimum absolute atomic E-state index is 0.382. The van der Waals surface area contributed by atoms with Crippen molar-refractivity contribution in [3.63, 3.8) is 0 Å². The van der Waals surface area contributed by atoms with E-state index in [2.05, 4.69) is 49.3 Å². The van der Waals surface area contributed by atoms with Gasteiger partial charge in [-0.1, -0.05) is 48.6 Å². The van der Waals surface area contributed by atoms with E-state index in [-0.39, 0.29) is 6.09 Å². The molecule has 21 heavy (non-hydrogen) atoms. The summed E-state index contributed by atoms with van der Waals surface area (Å²) >= 11 is 0. The third-order valence-corrected chi connectivity index (χ3v) is 6.43. The number of hydrogen-bond donors (Lipinski definition) is 1. The van der Waals surface area contributed by atoms with Crippen LogP contribution in [0.1, 0.15) is 26.3 Å². The van der Waals surface area contributed by atoms with Crippen LogP contribution in [-0.4, -0.2) is 19.8 Å². The molecule has 0 heterocycles. The molecule has 0 saturated carbocycles. The summed E-state index contributed by atoms with van der Waals surface area (Å²) < 4.78 is 5.22. The first-order valence-electron chi connectivity index (χ1n) is 7.31. The minimum Gasteiger partial charge on any atom is -0.444 e. The van der Waals surface area contributed by atoms with Gasteiger partial charge in [0.05, 0.1) is 8.07 Å². The quantitative estimate of drug-likeness (QED) is 0.663. The van der Waals surface area contributed by atoms with Gasteiger partial charge in [-0.2, -0.15) is 0 Å². The van der Waals surface area contributed by atoms with E-state index in [4.69, 9.17) is 4.74 Å². The third-order valence-electron chi connectivity index (χ3n) is 3.23. The van der Waals surface area contributed by atoms with E-state index in [9.17, 15) is 4.79 Å². The van der Waals surface area contributed by atoms with E-state index in [0.29, 0.717) is 6.54 Å². The number of alkyl carbamates (subject to hydrolysis) is 1. The Balaban J connectivity index is 2.59. The van der Waals surface area contributed by atoms with Crippen molar-refractivity contribution in [3.8, 4) is 0 Å². The van der Waals surface area contributed by atoms with E-state index in [1.54, 1.807) is 0 Å². The highest BCUT2D eigenvalue weighted by Crippen LogP contribution is 2.11. The molecule has 3 nitrogen and oxygen atoms in total. The van der Waals surface area contributed by atoms with E-state index >= 15 is 0 Å². The van der Waals surface area contributed by atoms with Crippen LogP contribution in [0.25, 0.3) is 0 Å². The Labute approximate surface area is 129 Å². The number of amides is 1. The Bertz CT molecular complexity index is 487. The Kier molecular flexibility index (Phi) is 5.78. The van der Waals surface area contributed by atoms with E-state index in [0.717, 1.165) is 11.6 Å². The van der Waals surface area contributed by atoms with E-state index in [1.807, 2.05) is 26.8 Å². The number of allylic oxidation sites excluding steroid dienone is 1. The molecule has 0 atom stereocenters. The van der Waals surface area contributed by atoms with Crippen molar-refractivity contribution < 1.29 is 9.53 Å². The lowest BCUT2D eigenvalue weighted by atomic mass is 10.2. The molecule has 1 aromatic rings. The van der Waals surface area contributed by atoms with Gasteiger partial charge < -0.3 is 10.1 Å². The number of hydrogen-bond acceptors (Lipinski definition) is 2. The summed E-state index contributed by atoms with van der Waals surface area (Å²) in [6.07, 6.45) is 1.62. The Morgan fingerprint density at radius 1 is 1.29 bits per heavy atom. The lowest BCUT2D eigenvalue weighted by Crippen LogP contribution is -2.40. The van der Waals surface area contributed by atoms with Crippen molar-refractivity contribution in [2.24, 2.45) is 0 Å². The van der Waals surface area contributed by atoms with E-state index in [1.165, 1.54) is 5.19 Å².